The van der Waals surface area contributed by atoms with E-state index in [9.17, 15) is 0 Å². The van der Waals surface area contributed by atoms with Gasteiger partial charge in [-0.05, 0) is 43.7 Å². The average molecular weight is 381 g/mol. The molecule has 0 radical (unpaired) electrons. The van der Waals surface area contributed by atoms with Crippen molar-refractivity contribution < 1.29 is 4.74 Å². The highest BCUT2D eigenvalue weighted by Gasteiger charge is 2.31. The van der Waals surface area contributed by atoms with Crippen LogP contribution in [0.2, 0.25) is 0 Å². The van der Waals surface area contributed by atoms with Gasteiger partial charge in [-0.15, -0.1) is 0 Å². The summed E-state index contributed by atoms with van der Waals surface area (Å²) in [6, 6.07) is 15.4. The lowest BCUT2D eigenvalue weighted by molar-refractivity contribution is -0.0128. The summed E-state index contributed by atoms with van der Waals surface area (Å²) in [6.07, 6.45) is 4.36. The Hall–Kier alpha value is -2.30. The molecule has 0 fully saturated rings. The van der Waals surface area contributed by atoms with Crippen molar-refractivity contribution in [1.29, 1.82) is 0 Å². The van der Waals surface area contributed by atoms with Gasteiger partial charge < -0.3 is 14.5 Å². The molecule has 0 saturated carbocycles. The highest BCUT2D eigenvalue weighted by molar-refractivity contribution is 5.66. The van der Waals surface area contributed by atoms with Crippen molar-refractivity contribution in [3.05, 3.63) is 59.8 Å². The standard InChI is InChI=1S/C24H34N3O/c1-24(2)22-18-21(27(5,6)7)12-13-23(22)26(16-17-28-24)15-14-19-8-10-20(11-9-19)25(3)4/h8-15,18H,16-17H2,1-7H3/q+1. The number of nitrogens with zero attached hydrogens (tertiary/aromatic N) is 3. The Morgan fingerprint density at radius 2 is 1.71 bits per heavy atom. The van der Waals surface area contributed by atoms with Gasteiger partial charge in [0.05, 0.1) is 33.4 Å². The highest BCUT2D eigenvalue weighted by Crippen LogP contribution is 2.39. The molecule has 2 aromatic rings. The minimum Gasteiger partial charge on any atom is -0.378 e. The second-order valence-corrected chi connectivity index (χ2v) is 9.07. The predicted molar refractivity (Wildman–Crippen MR) is 122 cm³/mol. The molecule has 1 heterocycles. The summed E-state index contributed by atoms with van der Waals surface area (Å²) in [5.41, 5.74) is 5.83. The van der Waals surface area contributed by atoms with Gasteiger partial charge >= 0.3 is 0 Å². The number of hydrogen-bond donors (Lipinski definition) is 0. The van der Waals surface area contributed by atoms with E-state index in [0.29, 0.717) is 6.61 Å². The van der Waals surface area contributed by atoms with Crippen LogP contribution in [0, 0.1) is 0 Å². The maximum absolute atomic E-state index is 6.22. The molecule has 4 nitrogen and oxygen atoms in total. The van der Waals surface area contributed by atoms with E-state index in [0.717, 1.165) is 11.0 Å². The second-order valence-electron chi connectivity index (χ2n) is 9.07. The fourth-order valence-corrected chi connectivity index (χ4v) is 3.49. The molecule has 1 aliphatic rings. The Morgan fingerprint density at radius 3 is 2.32 bits per heavy atom. The van der Waals surface area contributed by atoms with E-state index < -0.39 is 0 Å². The van der Waals surface area contributed by atoms with Gasteiger partial charge in [0.2, 0.25) is 0 Å². The van der Waals surface area contributed by atoms with Gasteiger partial charge in [0, 0.05) is 55.9 Å². The molecule has 0 N–H and O–H groups in total. The molecular formula is C24H34N3O+. The Labute approximate surface area is 170 Å². The molecule has 0 bridgehead atoms. The number of fused-ring (bicyclic) bond motifs is 1. The summed E-state index contributed by atoms with van der Waals surface area (Å²) >= 11 is 0. The first-order valence-corrected chi connectivity index (χ1v) is 9.91. The molecule has 1 aliphatic heterocycles. The number of quaternary nitrogens is 1. The fourth-order valence-electron chi connectivity index (χ4n) is 3.49. The zero-order valence-corrected chi connectivity index (χ0v) is 18.4. The summed E-state index contributed by atoms with van der Waals surface area (Å²) in [4.78, 5) is 4.42. The number of ether oxygens (including phenoxy) is 1. The van der Waals surface area contributed by atoms with Gasteiger partial charge in [0.25, 0.3) is 0 Å². The van der Waals surface area contributed by atoms with Crippen molar-refractivity contribution in [3.8, 4) is 0 Å². The molecule has 2 aromatic carbocycles. The van der Waals surface area contributed by atoms with Crippen LogP contribution in [0.1, 0.15) is 25.0 Å². The Balaban J connectivity index is 1.94. The molecule has 28 heavy (non-hydrogen) atoms. The maximum atomic E-state index is 6.22. The zero-order chi connectivity index (χ0) is 20.5. The molecular weight excluding hydrogens is 346 g/mol. The Morgan fingerprint density at radius 1 is 1.04 bits per heavy atom. The minimum absolute atomic E-state index is 0.309. The topological polar surface area (TPSA) is 15.7 Å². The molecule has 0 saturated heterocycles. The molecule has 3 rings (SSSR count). The number of rotatable bonds is 4. The molecule has 4 heteroatoms. The molecule has 0 unspecified atom stereocenters. The van der Waals surface area contributed by atoms with E-state index in [-0.39, 0.29) is 5.60 Å². The number of hydrogen-bond acceptors (Lipinski definition) is 3. The third-order valence-electron chi connectivity index (χ3n) is 5.36. The van der Waals surface area contributed by atoms with Crippen LogP contribution in [0.15, 0.2) is 48.7 Å². The van der Waals surface area contributed by atoms with E-state index >= 15 is 0 Å². The molecule has 0 amide bonds. The molecule has 0 aromatic heterocycles. The van der Waals surface area contributed by atoms with Crippen LogP contribution in [0.4, 0.5) is 17.1 Å². The van der Waals surface area contributed by atoms with Crippen LogP contribution in [0.5, 0.6) is 0 Å². The van der Waals surface area contributed by atoms with Gasteiger partial charge in [-0.3, -0.25) is 4.48 Å². The van der Waals surface area contributed by atoms with E-state index in [2.05, 4.69) is 114 Å². The van der Waals surface area contributed by atoms with Gasteiger partial charge in [0.15, 0.2) is 0 Å². The normalized spacial score (nSPS) is 16.8. The van der Waals surface area contributed by atoms with Gasteiger partial charge in [-0.1, -0.05) is 12.1 Å². The van der Waals surface area contributed by atoms with Crippen molar-refractivity contribution in [1.82, 2.24) is 4.48 Å². The summed E-state index contributed by atoms with van der Waals surface area (Å²) < 4.78 is 7.01. The lowest BCUT2D eigenvalue weighted by Gasteiger charge is -2.30. The van der Waals surface area contributed by atoms with Crippen molar-refractivity contribution in [2.75, 3.05) is 58.2 Å². The zero-order valence-electron chi connectivity index (χ0n) is 18.4. The second kappa shape index (κ2) is 7.61. The first-order valence-electron chi connectivity index (χ1n) is 9.91. The quantitative estimate of drug-likeness (QED) is 0.716. The van der Waals surface area contributed by atoms with Crippen molar-refractivity contribution >= 4 is 23.1 Å². The molecule has 150 valence electrons. The van der Waals surface area contributed by atoms with E-state index in [4.69, 9.17) is 4.74 Å². The molecule has 0 aliphatic carbocycles. The van der Waals surface area contributed by atoms with Crippen LogP contribution >= 0.6 is 0 Å². The molecule has 0 atom stereocenters. The summed E-state index contributed by atoms with van der Waals surface area (Å²) in [7, 11) is 10.7. The predicted octanol–water partition coefficient (Wildman–Crippen LogP) is 4.69. The number of benzene rings is 2. The summed E-state index contributed by atoms with van der Waals surface area (Å²) in [5.74, 6) is 0. The lowest BCUT2D eigenvalue weighted by atomic mass is 9.94. The van der Waals surface area contributed by atoms with E-state index in [1.807, 2.05) is 0 Å². The Kier molecular flexibility index (Phi) is 5.55. The first-order chi connectivity index (χ1) is 13.1. The maximum Gasteiger partial charge on any atom is 0.132 e. The largest absolute Gasteiger partial charge is 0.378 e. The van der Waals surface area contributed by atoms with Crippen LogP contribution < -0.4 is 14.3 Å². The van der Waals surface area contributed by atoms with Crippen molar-refractivity contribution in [2.24, 2.45) is 0 Å². The van der Waals surface area contributed by atoms with Gasteiger partial charge in [0.1, 0.15) is 5.69 Å². The third-order valence-corrected chi connectivity index (χ3v) is 5.36. The SMILES string of the molecule is CN(C)c1ccc(C=CN2CCOC(C)(C)c3cc([N+](C)(C)C)ccc32)cc1. The van der Waals surface area contributed by atoms with Crippen LogP contribution in [0.3, 0.4) is 0 Å². The van der Waals surface area contributed by atoms with Crippen LogP contribution in [-0.4, -0.2) is 48.4 Å². The minimum atomic E-state index is -0.309. The third kappa shape index (κ3) is 4.40. The van der Waals surface area contributed by atoms with E-state index in [1.165, 1.54) is 28.2 Å². The number of anilines is 2. The van der Waals surface area contributed by atoms with Crippen LogP contribution in [0.25, 0.3) is 6.08 Å². The van der Waals surface area contributed by atoms with Gasteiger partial charge in [-0.25, -0.2) is 0 Å². The van der Waals surface area contributed by atoms with E-state index in [1.54, 1.807) is 0 Å². The lowest BCUT2D eigenvalue weighted by Crippen LogP contribution is -2.35. The smallest absolute Gasteiger partial charge is 0.132 e. The summed E-state index contributed by atoms with van der Waals surface area (Å²) in [6.45, 7) is 5.87. The average Bonchev–Trinajstić information content (AvgIpc) is 2.75. The monoisotopic (exact) mass is 380 g/mol. The van der Waals surface area contributed by atoms with Crippen molar-refractivity contribution in [2.45, 2.75) is 19.4 Å². The van der Waals surface area contributed by atoms with Crippen LogP contribution in [-0.2, 0) is 10.3 Å². The summed E-state index contributed by atoms with van der Waals surface area (Å²) in [5, 5.41) is 0. The highest BCUT2D eigenvalue weighted by atomic mass is 16.5. The Bertz CT molecular complexity index is 845. The van der Waals surface area contributed by atoms with Gasteiger partial charge in [-0.2, -0.15) is 0 Å². The first kappa shape index (κ1) is 20.4. The molecule has 0 spiro atoms. The van der Waals surface area contributed by atoms with Crippen molar-refractivity contribution in [3.63, 3.8) is 0 Å². The fraction of sp³-hybridized carbons (Fsp3) is 0.417.